The Bertz CT molecular complexity index is 501. The van der Waals surface area contributed by atoms with E-state index in [-0.39, 0.29) is 24.4 Å². The summed E-state index contributed by atoms with van der Waals surface area (Å²) in [4.78, 5) is 37.3. The van der Waals surface area contributed by atoms with Crippen molar-refractivity contribution in [3.05, 3.63) is 0 Å². The number of hydrogen-bond donors (Lipinski definition) is 3. The zero-order valence-electron chi connectivity index (χ0n) is 15.9. The Labute approximate surface area is 150 Å². The van der Waals surface area contributed by atoms with Gasteiger partial charge in [0.2, 0.25) is 5.91 Å². The predicted molar refractivity (Wildman–Crippen MR) is 95.9 cm³/mol. The highest BCUT2D eigenvalue weighted by atomic mass is 16.4. The van der Waals surface area contributed by atoms with Crippen molar-refractivity contribution in [3.8, 4) is 0 Å². The average Bonchev–Trinajstić information content (AvgIpc) is 2.55. The van der Waals surface area contributed by atoms with Crippen LogP contribution >= 0.6 is 0 Å². The van der Waals surface area contributed by atoms with E-state index in [0.29, 0.717) is 32.4 Å². The summed E-state index contributed by atoms with van der Waals surface area (Å²) in [5.41, 5.74) is 3.94. The molecule has 1 atom stereocenters. The molecule has 7 heteroatoms. The average molecular weight is 355 g/mol. The number of hydrogen-bond acceptors (Lipinski definition) is 3. The van der Waals surface area contributed by atoms with Crippen LogP contribution in [0.2, 0.25) is 0 Å². The lowest BCUT2D eigenvalue weighted by molar-refractivity contribution is -0.149. The molecule has 1 unspecified atom stereocenters. The Hall–Kier alpha value is -1.79. The van der Waals surface area contributed by atoms with Gasteiger partial charge in [0, 0.05) is 25.0 Å². The lowest BCUT2D eigenvalue weighted by atomic mass is 9.79. The first-order valence-electron chi connectivity index (χ1n) is 9.14. The number of carboxylic acid groups (broad SMARTS) is 1. The van der Waals surface area contributed by atoms with Gasteiger partial charge in [0.05, 0.1) is 5.41 Å². The molecule has 4 N–H and O–H groups in total. The number of carbonyl (C=O) groups excluding carboxylic acids is 2. The molecule has 0 aromatic rings. The van der Waals surface area contributed by atoms with Gasteiger partial charge in [-0.2, -0.15) is 0 Å². The Morgan fingerprint density at radius 3 is 2.32 bits per heavy atom. The second-order valence-electron chi connectivity index (χ2n) is 7.86. The van der Waals surface area contributed by atoms with Crippen LogP contribution in [0, 0.1) is 16.7 Å². The summed E-state index contributed by atoms with van der Waals surface area (Å²) in [6.07, 6.45) is 3.42. The zero-order valence-corrected chi connectivity index (χ0v) is 15.9. The van der Waals surface area contributed by atoms with Crippen molar-refractivity contribution in [1.29, 1.82) is 0 Å². The van der Waals surface area contributed by atoms with Crippen molar-refractivity contribution in [2.75, 3.05) is 19.6 Å². The van der Waals surface area contributed by atoms with Gasteiger partial charge in [-0.05, 0) is 38.0 Å². The first-order chi connectivity index (χ1) is 11.6. The Balaban J connectivity index is 2.64. The van der Waals surface area contributed by atoms with Gasteiger partial charge < -0.3 is 21.1 Å². The highest BCUT2D eigenvalue weighted by molar-refractivity contribution is 5.80. The minimum atomic E-state index is -0.918. The van der Waals surface area contributed by atoms with Crippen LogP contribution in [0.25, 0.3) is 0 Å². The summed E-state index contributed by atoms with van der Waals surface area (Å²) in [7, 11) is 0. The molecular weight excluding hydrogens is 322 g/mol. The van der Waals surface area contributed by atoms with Crippen molar-refractivity contribution in [1.82, 2.24) is 10.2 Å². The van der Waals surface area contributed by atoms with Gasteiger partial charge in [-0.1, -0.05) is 27.7 Å². The maximum absolute atomic E-state index is 12.5. The number of amides is 3. The fourth-order valence-electron chi connectivity index (χ4n) is 3.47. The molecule has 144 valence electrons. The Kier molecular flexibility index (Phi) is 7.26. The number of rotatable bonds is 8. The molecule has 1 saturated heterocycles. The van der Waals surface area contributed by atoms with Gasteiger partial charge in [0.15, 0.2) is 0 Å². The van der Waals surface area contributed by atoms with Crippen molar-refractivity contribution >= 4 is 17.9 Å². The minimum absolute atomic E-state index is 0.127. The molecule has 7 nitrogen and oxygen atoms in total. The quantitative estimate of drug-likeness (QED) is 0.619. The van der Waals surface area contributed by atoms with E-state index < -0.39 is 16.8 Å². The van der Waals surface area contributed by atoms with Gasteiger partial charge in [0.1, 0.15) is 0 Å². The van der Waals surface area contributed by atoms with Crippen molar-refractivity contribution in [2.45, 2.75) is 59.8 Å². The number of carboxylic acids is 1. The third-order valence-corrected chi connectivity index (χ3v) is 5.66. The lowest BCUT2D eigenvalue weighted by Crippen LogP contribution is -2.50. The van der Waals surface area contributed by atoms with E-state index in [9.17, 15) is 19.5 Å². The number of carbonyl (C=O) groups is 3. The van der Waals surface area contributed by atoms with E-state index >= 15 is 0 Å². The summed E-state index contributed by atoms with van der Waals surface area (Å²) in [6.45, 7) is 8.66. The van der Waals surface area contributed by atoms with Gasteiger partial charge in [-0.3, -0.25) is 9.59 Å². The van der Waals surface area contributed by atoms with Gasteiger partial charge in [-0.25, -0.2) is 4.79 Å². The van der Waals surface area contributed by atoms with Crippen molar-refractivity contribution in [2.24, 2.45) is 22.5 Å². The number of primary amides is 1. The molecule has 0 aromatic heterocycles. The SMILES string of the molecule is CCC(CC)(CNC(=O)N1CCCC(CC(C)(C)C(N)=O)C1)C(=O)O. The number of piperidine rings is 1. The Morgan fingerprint density at radius 1 is 1.24 bits per heavy atom. The van der Waals surface area contributed by atoms with Gasteiger partial charge in [0.25, 0.3) is 0 Å². The topological polar surface area (TPSA) is 113 Å². The third kappa shape index (κ3) is 5.34. The van der Waals surface area contributed by atoms with Gasteiger partial charge >= 0.3 is 12.0 Å². The molecule has 3 amide bonds. The maximum Gasteiger partial charge on any atom is 0.317 e. The second kappa shape index (κ2) is 8.54. The lowest BCUT2D eigenvalue weighted by Gasteiger charge is -2.36. The highest BCUT2D eigenvalue weighted by Crippen LogP contribution is 2.31. The molecular formula is C18H33N3O4. The van der Waals surface area contributed by atoms with E-state index in [1.807, 2.05) is 27.7 Å². The van der Waals surface area contributed by atoms with Crippen LogP contribution in [-0.4, -0.2) is 47.5 Å². The van der Waals surface area contributed by atoms with E-state index in [0.717, 1.165) is 12.8 Å². The first kappa shape index (κ1) is 21.3. The van der Waals surface area contributed by atoms with E-state index in [1.165, 1.54) is 0 Å². The van der Waals surface area contributed by atoms with Crippen LogP contribution in [-0.2, 0) is 9.59 Å². The van der Waals surface area contributed by atoms with Crippen LogP contribution in [0.3, 0.4) is 0 Å². The van der Waals surface area contributed by atoms with Crippen molar-refractivity contribution < 1.29 is 19.5 Å². The molecule has 0 aliphatic carbocycles. The summed E-state index contributed by atoms with van der Waals surface area (Å²) in [5.74, 6) is -0.979. The largest absolute Gasteiger partial charge is 0.481 e. The summed E-state index contributed by atoms with van der Waals surface area (Å²) in [6, 6.07) is -0.228. The predicted octanol–water partition coefficient (Wildman–Crippen LogP) is 2.20. The first-order valence-corrected chi connectivity index (χ1v) is 9.14. The second-order valence-corrected chi connectivity index (χ2v) is 7.86. The standard InChI is InChI=1S/C18H33N3O4/c1-5-18(6-2,15(23)24)12-20-16(25)21-9-7-8-13(11-21)10-17(3,4)14(19)22/h13H,5-12H2,1-4H3,(H2,19,22)(H,20,25)(H,23,24). The number of likely N-dealkylation sites (tertiary alicyclic amines) is 1. The zero-order chi connectivity index (χ0) is 19.3. The molecule has 0 radical (unpaired) electrons. The normalized spacial score (nSPS) is 18.7. The highest BCUT2D eigenvalue weighted by Gasteiger charge is 2.36. The molecule has 0 aromatic carbocycles. The Morgan fingerprint density at radius 2 is 1.84 bits per heavy atom. The van der Waals surface area contributed by atoms with Crippen LogP contribution in [0.15, 0.2) is 0 Å². The van der Waals surface area contributed by atoms with Gasteiger partial charge in [-0.15, -0.1) is 0 Å². The molecule has 1 rings (SSSR count). The molecule has 1 fully saturated rings. The number of nitrogens with zero attached hydrogens (tertiary/aromatic N) is 1. The van der Waals surface area contributed by atoms with E-state index in [2.05, 4.69) is 5.32 Å². The molecule has 1 aliphatic rings. The maximum atomic E-state index is 12.5. The monoisotopic (exact) mass is 355 g/mol. The van der Waals surface area contributed by atoms with E-state index in [4.69, 9.17) is 5.73 Å². The molecule has 0 spiro atoms. The summed E-state index contributed by atoms with van der Waals surface area (Å²) in [5, 5.41) is 12.3. The number of urea groups is 1. The molecule has 0 saturated carbocycles. The van der Waals surface area contributed by atoms with Crippen molar-refractivity contribution in [3.63, 3.8) is 0 Å². The fourth-order valence-corrected chi connectivity index (χ4v) is 3.47. The van der Waals surface area contributed by atoms with Crippen LogP contribution in [0.4, 0.5) is 4.79 Å². The van der Waals surface area contributed by atoms with Crippen LogP contribution in [0.5, 0.6) is 0 Å². The number of nitrogens with one attached hydrogen (secondary N) is 1. The molecule has 25 heavy (non-hydrogen) atoms. The van der Waals surface area contributed by atoms with E-state index in [1.54, 1.807) is 4.90 Å². The molecule has 1 heterocycles. The number of nitrogens with two attached hydrogens (primary N) is 1. The third-order valence-electron chi connectivity index (χ3n) is 5.66. The number of aliphatic carboxylic acids is 1. The fraction of sp³-hybridized carbons (Fsp3) is 0.833. The smallest absolute Gasteiger partial charge is 0.317 e. The summed E-state index contributed by atoms with van der Waals surface area (Å²) >= 11 is 0. The summed E-state index contributed by atoms with van der Waals surface area (Å²) < 4.78 is 0. The molecule has 0 bridgehead atoms. The minimum Gasteiger partial charge on any atom is -0.481 e. The molecule has 1 aliphatic heterocycles. The van der Waals surface area contributed by atoms with Crippen LogP contribution < -0.4 is 11.1 Å². The van der Waals surface area contributed by atoms with Crippen LogP contribution in [0.1, 0.15) is 59.8 Å².